The quantitative estimate of drug-likeness (QED) is 0.871. The molecule has 1 fully saturated rings. The Labute approximate surface area is 109 Å². The Hall–Kier alpha value is -1.95. The maximum absolute atomic E-state index is 12.8. The zero-order chi connectivity index (χ0) is 13.8. The molecule has 6 heteroatoms. The van der Waals surface area contributed by atoms with E-state index >= 15 is 0 Å². The normalized spacial score (nSPS) is 19.5. The number of amides is 1. The van der Waals surface area contributed by atoms with Crippen LogP contribution in [0, 0.1) is 5.82 Å². The molecular formula is C13H14FNO4. The zero-order valence-electron chi connectivity index (χ0n) is 10.2. The summed E-state index contributed by atoms with van der Waals surface area (Å²) in [7, 11) is 0. The van der Waals surface area contributed by atoms with Crippen LogP contribution in [0.4, 0.5) is 4.39 Å². The number of hydrogen-bond acceptors (Lipinski definition) is 3. The van der Waals surface area contributed by atoms with E-state index < -0.39 is 12.1 Å². The molecule has 102 valence electrons. The van der Waals surface area contributed by atoms with Crippen LogP contribution in [0.15, 0.2) is 24.3 Å². The van der Waals surface area contributed by atoms with Gasteiger partial charge < -0.3 is 14.7 Å². The van der Waals surface area contributed by atoms with Crippen molar-refractivity contribution in [3.05, 3.63) is 35.6 Å². The number of carbonyl (C=O) groups excluding carboxylic acids is 1. The number of hydrogen-bond donors (Lipinski definition) is 1. The molecule has 0 spiro atoms. The molecule has 19 heavy (non-hydrogen) atoms. The SMILES string of the molecule is O=C(O)CN1CCOC(Cc2ccc(F)cc2)C1=O. The third-order valence-electron chi connectivity index (χ3n) is 2.93. The summed E-state index contributed by atoms with van der Waals surface area (Å²) in [4.78, 5) is 23.9. The average molecular weight is 267 g/mol. The summed E-state index contributed by atoms with van der Waals surface area (Å²) in [6.07, 6.45) is -0.381. The van der Waals surface area contributed by atoms with E-state index in [1.54, 1.807) is 12.1 Å². The molecule has 1 N–H and O–H groups in total. The van der Waals surface area contributed by atoms with Crippen LogP contribution in [-0.2, 0) is 20.7 Å². The van der Waals surface area contributed by atoms with Crippen LogP contribution in [-0.4, -0.2) is 47.7 Å². The summed E-state index contributed by atoms with van der Waals surface area (Å²) in [5.41, 5.74) is 0.775. The van der Waals surface area contributed by atoms with Gasteiger partial charge in [-0.25, -0.2) is 4.39 Å². The van der Waals surface area contributed by atoms with Gasteiger partial charge in [0.2, 0.25) is 0 Å². The molecule has 0 bridgehead atoms. The van der Waals surface area contributed by atoms with E-state index in [-0.39, 0.29) is 24.8 Å². The number of morpholine rings is 1. The predicted molar refractivity (Wildman–Crippen MR) is 64.1 cm³/mol. The van der Waals surface area contributed by atoms with Crippen LogP contribution in [0.2, 0.25) is 0 Å². The summed E-state index contributed by atoms with van der Waals surface area (Å²) in [5, 5.41) is 8.71. The highest BCUT2D eigenvalue weighted by Gasteiger charge is 2.30. The minimum Gasteiger partial charge on any atom is -0.480 e. The molecule has 0 aliphatic carbocycles. The Bertz CT molecular complexity index is 474. The van der Waals surface area contributed by atoms with E-state index in [2.05, 4.69) is 0 Å². The second-order valence-electron chi connectivity index (χ2n) is 4.34. The summed E-state index contributed by atoms with van der Waals surface area (Å²) < 4.78 is 18.1. The van der Waals surface area contributed by atoms with Crippen LogP contribution >= 0.6 is 0 Å². The molecule has 1 aromatic carbocycles. The largest absolute Gasteiger partial charge is 0.480 e. The maximum atomic E-state index is 12.8. The van der Waals surface area contributed by atoms with Gasteiger partial charge in [0, 0.05) is 13.0 Å². The molecular weight excluding hydrogens is 253 g/mol. The van der Waals surface area contributed by atoms with Crippen molar-refractivity contribution in [1.29, 1.82) is 0 Å². The predicted octanol–water partition coefficient (Wildman–Crippen LogP) is 0.680. The fraction of sp³-hybridized carbons (Fsp3) is 0.385. The van der Waals surface area contributed by atoms with Crippen molar-refractivity contribution < 1.29 is 23.8 Å². The van der Waals surface area contributed by atoms with Gasteiger partial charge in [-0.2, -0.15) is 0 Å². The molecule has 1 aliphatic heterocycles. The van der Waals surface area contributed by atoms with Crippen molar-refractivity contribution in [3.63, 3.8) is 0 Å². The van der Waals surface area contributed by atoms with Crippen LogP contribution in [0.1, 0.15) is 5.56 Å². The number of halogens is 1. The van der Waals surface area contributed by atoms with Crippen molar-refractivity contribution in [2.45, 2.75) is 12.5 Å². The van der Waals surface area contributed by atoms with Gasteiger partial charge in [-0.1, -0.05) is 12.1 Å². The van der Waals surface area contributed by atoms with Crippen molar-refractivity contribution in [3.8, 4) is 0 Å². The zero-order valence-corrected chi connectivity index (χ0v) is 10.2. The first kappa shape index (κ1) is 13.5. The molecule has 1 aliphatic rings. The summed E-state index contributed by atoms with van der Waals surface area (Å²) in [6.45, 7) is 0.276. The van der Waals surface area contributed by atoms with E-state index in [1.807, 2.05) is 0 Å². The first-order chi connectivity index (χ1) is 9.06. The monoisotopic (exact) mass is 267 g/mol. The Balaban J connectivity index is 2.01. The topological polar surface area (TPSA) is 66.8 Å². The van der Waals surface area contributed by atoms with Crippen LogP contribution < -0.4 is 0 Å². The number of carboxylic acids is 1. The van der Waals surface area contributed by atoms with Crippen molar-refractivity contribution in [2.75, 3.05) is 19.7 Å². The lowest BCUT2D eigenvalue weighted by Crippen LogP contribution is -2.50. The third kappa shape index (κ3) is 3.51. The highest BCUT2D eigenvalue weighted by molar-refractivity contribution is 5.85. The van der Waals surface area contributed by atoms with Gasteiger partial charge in [-0.05, 0) is 17.7 Å². The second kappa shape index (κ2) is 5.79. The smallest absolute Gasteiger partial charge is 0.323 e. The van der Waals surface area contributed by atoms with E-state index in [4.69, 9.17) is 9.84 Å². The van der Waals surface area contributed by atoms with E-state index in [1.165, 1.54) is 17.0 Å². The fourth-order valence-electron chi connectivity index (χ4n) is 1.99. The average Bonchev–Trinajstić information content (AvgIpc) is 2.36. The lowest BCUT2D eigenvalue weighted by Gasteiger charge is -2.31. The number of carbonyl (C=O) groups is 2. The highest BCUT2D eigenvalue weighted by Crippen LogP contribution is 2.13. The minimum atomic E-state index is -1.05. The first-order valence-electron chi connectivity index (χ1n) is 5.93. The van der Waals surface area contributed by atoms with Gasteiger partial charge >= 0.3 is 5.97 Å². The fourth-order valence-corrected chi connectivity index (χ4v) is 1.99. The van der Waals surface area contributed by atoms with E-state index in [0.29, 0.717) is 13.0 Å². The molecule has 5 nitrogen and oxygen atoms in total. The molecule has 1 amide bonds. The molecule has 2 rings (SSSR count). The lowest BCUT2D eigenvalue weighted by molar-refractivity contribution is -0.158. The van der Waals surface area contributed by atoms with Gasteiger partial charge in [0.05, 0.1) is 6.61 Å². The minimum absolute atomic E-state index is 0.283. The molecule has 0 radical (unpaired) electrons. The maximum Gasteiger partial charge on any atom is 0.323 e. The number of benzene rings is 1. The number of nitrogens with zero attached hydrogens (tertiary/aromatic N) is 1. The Morgan fingerprint density at radius 1 is 1.42 bits per heavy atom. The van der Waals surface area contributed by atoms with Gasteiger partial charge in [0.1, 0.15) is 18.5 Å². The number of rotatable bonds is 4. The number of aliphatic carboxylic acids is 1. The van der Waals surface area contributed by atoms with Gasteiger partial charge in [-0.3, -0.25) is 9.59 Å². The highest BCUT2D eigenvalue weighted by atomic mass is 19.1. The first-order valence-corrected chi connectivity index (χ1v) is 5.93. The second-order valence-corrected chi connectivity index (χ2v) is 4.34. The Morgan fingerprint density at radius 3 is 2.74 bits per heavy atom. The number of ether oxygens (including phenoxy) is 1. The van der Waals surface area contributed by atoms with Crippen molar-refractivity contribution in [1.82, 2.24) is 4.90 Å². The lowest BCUT2D eigenvalue weighted by atomic mass is 10.1. The molecule has 1 unspecified atom stereocenters. The summed E-state index contributed by atoms with van der Waals surface area (Å²) >= 11 is 0. The van der Waals surface area contributed by atoms with Gasteiger partial charge in [0.25, 0.3) is 5.91 Å². The Kier molecular flexibility index (Phi) is 4.11. The molecule has 1 aromatic rings. The summed E-state index contributed by atoms with van der Waals surface area (Å²) in [5.74, 6) is -1.72. The van der Waals surface area contributed by atoms with Crippen molar-refractivity contribution >= 4 is 11.9 Å². The third-order valence-corrected chi connectivity index (χ3v) is 2.93. The number of carboxylic acid groups (broad SMARTS) is 1. The van der Waals surface area contributed by atoms with E-state index in [9.17, 15) is 14.0 Å². The van der Waals surface area contributed by atoms with E-state index in [0.717, 1.165) is 5.56 Å². The van der Waals surface area contributed by atoms with Crippen LogP contribution in [0.5, 0.6) is 0 Å². The van der Waals surface area contributed by atoms with Gasteiger partial charge in [-0.15, -0.1) is 0 Å². The van der Waals surface area contributed by atoms with Crippen LogP contribution in [0.3, 0.4) is 0 Å². The molecule has 1 heterocycles. The summed E-state index contributed by atoms with van der Waals surface area (Å²) in [6, 6.07) is 5.81. The van der Waals surface area contributed by atoms with Crippen molar-refractivity contribution in [2.24, 2.45) is 0 Å². The van der Waals surface area contributed by atoms with Gasteiger partial charge in [0.15, 0.2) is 0 Å². The standard InChI is InChI=1S/C13H14FNO4/c14-10-3-1-9(2-4-10)7-11-13(18)15(5-6-19-11)8-12(16)17/h1-4,11H,5-8H2,(H,16,17). The Morgan fingerprint density at radius 2 is 2.11 bits per heavy atom. The molecule has 0 saturated carbocycles. The molecule has 1 atom stereocenters. The molecule has 0 aromatic heterocycles. The van der Waals surface area contributed by atoms with Crippen LogP contribution in [0.25, 0.3) is 0 Å². The molecule has 1 saturated heterocycles.